The van der Waals surface area contributed by atoms with Crippen LogP contribution in [0, 0.1) is 0 Å². The number of carbonyl (C=O) groups is 1. The molecule has 1 amide bonds. The van der Waals surface area contributed by atoms with Gasteiger partial charge in [0.2, 0.25) is 5.91 Å². The Kier molecular flexibility index (Phi) is 2.79. The van der Waals surface area contributed by atoms with Crippen LogP contribution in [0.3, 0.4) is 0 Å². The third-order valence-electron chi connectivity index (χ3n) is 3.05. The van der Waals surface area contributed by atoms with Crippen molar-refractivity contribution in [1.29, 1.82) is 0 Å². The number of methoxy groups -OCH3 is 1. The summed E-state index contributed by atoms with van der Waals surface area (Å²) >= 11 is 3.33. The van der Waals surface area contributed by atoms with Crippen molar-refractivity contribution in [3.8, 4) is 0 Å². The second kappa shape index (κ2) is 3.85. The highest BCUT2D eigenvalue weighted by Gasteiger charge is 2.48. The van der Waals surface area contributed by atoms with E-state index in [1.807, 2.05) is 13.1 Å². The zero-order valence-electron chi connectivity index (χ0n) is 9.53. The summed E-state index contributed by atoms with van der Waals surface area (Å²) in [7, 11) is 3.54. The molecule has 1 aromatic heterocycles. The van der Waals surface area contributed by atoms with E-state index in [-0.39, 0.29) is 5.91 Å². The number of hydrogen-bond donors (Lipinski definition) is 0. The van der Waals surface area contributed by atoms with Crippen LogP contribution in [0.25, 0.3) is 0 Å². The highest BCUT2D eigenvalue weighted by molar-refractivity contribution is 9.10. The molecule has 1 aliphatic heterocycles. The zero-order chi connectivity index (χ0) is 11.9. The molecule has 0 radical (unpaired) electrons. The van der Waals surface area contributed by atoms with Crippen LogP contribution in [-0.4, -0.2) is 40.8 Å². The van der Waals surface area contributed by atoms with Crippen molar-refractivity contribution < 1.29 is 9.53 Å². The first-order valence-electron chi connectivity index (χ1n) is 4.99. The molecule has 1 aliphatic rings. The van der Waals surface area contributed by atoms with Crippen molar-refractivity contribution in [3.63, 3.8) is 0 Å². The number of nitrogens with zero attached hydrogens (tertiary/aromatic N) is 3. The van der Waals surface area contributed by atoms with E-state index < -0.39 is 5.60 Å². The van der Waals surface area contributed by atoms with Crippen LogP contribution in [0.15, 0.2) is 10.7 Å². The van der Waals surface area contributed by atoms with Crippen molar-refractivity contribution >= 4 is 21.8 Å². The first-order valence-corrected chi connectivity index (χ1v) is 5.78. The predicted molar refractivity (Wildman–Crippen MR) is 61.8 cm³/mol. The standard InChI is InChI=1S/C10H14BrN3O2/c1-7(15)14-5-10(6-14,16-3)8-4-9(11)12-13(8)2/h4H,5-6H2,1-3H3. The SMILES string of the molecule is COC1(c2cc(Br)nn2C)CN(C(C)=O)C1. The fourth-order valence-corrected chi connectivity index (χ4v) is 2.50. The van der Waals surface area contributed by atoms with Crippen molar-refractivity contribution in [1.82, 2.24) is 14.7 Å². The Morgan fingerprint density at radius 2 is 2.25 bits per heavy atom. The first kappa shape index (κ1) is 11.6. The monoisotopic (exact) mass is 287 g/mol. The third kappa shape index (κ3) is 1.66. The minimum absolute atomic E-state index is 0.0777. The molecule has 1 fully saturated rings. The molecular weight excluding hydrogens is 274 g/mol. The van der Waals surface area contributed by atoms with Crippen LogP contribution in [0.1, 0.15) is 12.6 Å². The van der Waals surface area contributed by atoms with E-state index in [0.29, 0.717) is 13.1 Å². The lowest BCUT2D eigenvalue weighted by molar-refractivity contribution is -0.164. The van der Waals surface area contributed by atoms with Gasteiger partial charge in [-0.15, -0.1) is 0 Å². The van der Waals surface area contributed by atoms with Crippen LogP contribution in [0.4, 0.5) is 0 Å². The molecule has 6 heteroatoms. The van der Waals surface area contributed by atoms with Crippen LogP contribution < -0.4 is 0 Å². The van der Waals surface area contributed by atoms with Gasteiger partial charge in [0, 0.05) is 21.1 Å². The number of likely N-dealkylation sites (tertiary alicyclic amines) is 1. The van der Waals surface area contributed by atoms with E-state index in [1.54, 1.807) is 23.6 Å². The Bertz CT molecular complexity index is 424. The average Bonchev–Trinajstić information content (AvgIpc) is 2.45. The minimum atomic E-state index is -0.403. The number of rotatable bonds is 2. The van der Waals surface area contributed by atoms with E-state index in [1.165, 1.54) is 0 Å². The summed E-state index contributed by atoms with van der Waals surface area (Å²) in [5.41, 5.74) is 0.582. The van der Waals surface area contributed by atoms with Gasteiger partial charge in [-0.05, 0) is 22.0 Å². The molecule has 0 unspecified atom stereocenters. The molecule has 0 saturated carbocycles. The van der Waals surface area contributed by atoms with Gasteiger partial charge in [-0.1, -0.05) is 0 Å². The Morgan fingerprint density at radius 1 is 1.62 bits per heavy atom. The number of amides is 1. The molecule has 2 heterocycles. The third-order valence-corrected chi connectivity index (χ3v) is 3.43. The lowest BCUT2D eigenvalue weighted by atomic mass is 9.90. The average molecular weight is 288 g/mol. The van der Waals surface area contributed by atoms with Crippen molar-refractivity contribution in [3.05, 3.63) is 16.4 Å². The van der Waals surface area contributed by atoms with Gasteiger partial charge in [0.25, 0.3) is 0 Å². The molecule has 0 aromatic carbocycles. The van der Waals surface area contributed by atoms with Crippen molar-refractivity contribution in [2.75, 3.05) is 20.2 Å². The van der Waals surface area contributed by atoms with Crippen LogP contribution in [-0.2, 0) is 22.2 Å². The number of hydrogen-bond acceptors (Lipinski definition) is 3. The fraction of sp³-hybridized carbons (Fsp3) is 0.600. The number of aromatic nitrogens is 2. The summed E-state index contributed by atoms with van der Waals surface area (Å²) in [5, 5.41) is 4.23. The largest absolute Gasteiger partial charge is 0.368 e. The maximum Gasteiger partial charge on any atom is 0.219 e. The van der Waals surface area contributed by atoms with E-state index in [0.717, 1.165) is 10.3 Å². The molecule has 5 nitrogen and oxygen atoms in total. The fourth-order valence-electron chi connectivity index (χ4n) is 2.05. The van der Waals surface area contributed by atoms with Gasteiger partial charge < -0.3 is 9.64 Å². The smallest absolute Gasteiger partial charge is 0.219 e. The molecule has 16 heavy (non-hydrogen) atoms. The summed E-state index contributed by atoms with van der Waals surface area (Å²) in [5.74, 6) is 0.0777. The highest BCUT2D eigenvalue weighted by Crippen LogP contribution is 2.35. The second-order valence-corrected chi connectivity index (χ2v) is 4.86. The Labute approximate surface area is 102 Å². The second-order valence-electron chi connectivity index (χ2n) is 4.05. The Hall–Kier alpha value is -0.880. The van der Waals surface area contributed by atoms with E-state index in [9.17, 15) is 4.79 Å². The van der Waals surface area contributed by atoms with Crippen LogP contribution in [0.2, 0.25) is 0 Å². The van der Waals surface area contributed by atoms with Gasteiger partial charge in [-0.3, -0.25) is 9.48 Å². The van der Waals surface area contributed by atoms with Gasteiger partial charge in [-0.25, -0.2) is 0 Å². The normalized spacial score (nSPS) is 18.4. The maximum atomic E-state index is 11.2. The molecule has 88 valence electrons. The topological polar surface area (TPSA) is 47.4 Å². The quantitative estimate of drug-likeness (QED) is 0.812. The van der Waals surface area contributed by atoms with Gasteiger partial charge in [0.1, 0.15) is 10.2 Å². The number of aryl methyl sites for hydroxylation is 1. The van der Waals surface area contributed by atoms with Crippen LogP contribution in [0.5, 0.6) is 0 Å². The minimum Gasteiger partial charge on any atom is -0.368 e. The summed E-state index contributed by atoms with van der Waals surface area (Å²) in [6, 6.07) is 1.93. The highest BCUT2D eigenvalue weighted by atomic mass is 79.9. The molecule has 1 saturated heterocycles. The van der Waals surface area contributed by atoms with Crippen molar-refractivity contribution in [2.24, 2.45) is 7.05 Å². The van der Waals surface area contributed by atoms with Gasteiger partial charge in [-0.2, -0.15) is 5.10 Å². The predicted octanol–water partition coefficient (Wildman–Crippen LogP) is 0.886. The summed E-state index contributed by atoms with van der Waals surface area (Å²) < 4.78 is 8.12. The molecule has 0 atom stereocenters. The summed E-state index contributed by atoms with van der Waals surface area (Å²) in [4.78, 5) is 12.9. The van der Waals surface area contributed by atoms with Gasteiger partial charge in [0.15, 0.2) is 0 Å². The first-order chi connectivity index (χ1) is 7.48. The Balaban J connectivity index is 2.25. The van der Waals surface area contributed by atoms with E-state index >= 15 is 0 Å². The molecule has 0 aliphatic carbocycles. The van der Waals surface area contributed by atoms with Crippen LogP contribution >= 0.6 is 15.9 Å². The number of halogens is 1. The molecule has 1 aromatic rings. The van der Waals surface area contributed by atoms with E-state index in [2.05, 4.69) is 21.0 Å². The van der Waals surface area contributed by atoms with E-state index in [4.69, 9.17) is 4.74 Å². The molecule has 0 N–H and O–H groups in total. The van der Waals surface area contributed by atoms with Gasteiger partial charge >= 0.3 is 0 Å². The molecule has 0 spiro atoms. The van der Waals surface area contributed by atoms with Gasteiger partial charge in [0.05, 0.1) is 18.8 Å². The zero-order valence-corrected chi connectivity index (χ0v) is 11.1. The lowest BCUT2D eigenvalue weighted by Crippen LogP contribution is -2.62. The molecule has 0 bridgehead atoms. The lowest BCUT2D eigenvalue weighted by Gasteiger charge is -2.48. The summed E-state index contributed by atoms with van der Waals surface area (Å²) in [6.45, 7) is 2.74. The number of carbonyl (C=O) groups excluding carboxylic acids is 1. The maximum absolute atomic E-state index is 11.2. The molecule has 2 rings (SSSR count). The molecular formula is C10H14BrN3O2. The van der Waals surface area contributed by atoms with Crippen molar-refractivity contribution in [2.45, 2.75) is 12.5 Å². The number of ether oxygens (including phenoxy) is 1. The summed E-state index contributed by atoms with van der Waals surface area (Å²) in [6.07, 6.45) is 0. The Morgan fingerprint density at radius 3 is 2.62 bits per heavy atom.